The van der Waals surface area contributed by atoms with Crippen LogP contribution in [0.5, 0.6) is 0 Å². The molecule has 1 aliphatic rings. The Balaban J connectivity index is 2.10. The van der Waals surface area contributed by atoms with Crippen molar-refractivity contribution in [2.24, 2.45) is 0 Å². The summed E-state index contributed by atoms with van der Waals surface area (Å²) < 4.78 is 0. The van der Waals surface area contributed by atoms with Crippen molar-refractivity contribution in [3.8, 4) is 0 Å². The van der Waals surface area contributed by atoms with Crippen molar-refractivity contribution in [2.45, 2.75) is 58.1 Å². The van der Waals surface area contributed by atoms with E-state index in [1.165, 1.54) is 11.1 Å². The summed E-state index contributed by atoms with van der Waals surface area (Å²) in [6, 6.07) is 6.96. The van der Waals surface area contributed by atoms with Gasteiger partial charge in [0.15, 0.2) is 0 Å². The number of aliphatic hydroxyl groups is 1. The highest BCUT2D eigenvalue weighted by molar-refractivity contribution is 5.33. The summed E-state index contributed by atoms with van der Waals surface area (Å²) in [7, 11) is 0. The minimum absolute atomic E-state index is 0.585. The smallest absolute Gasteiger partial charge is 0.0897 e. The van der Waals surface area contributed by atoms with Crippen LogP contribution in [0.25, 0.3) is 0 Å². The molecule has 0 aromatic heterocycles. The Hall–Kier alpha value is -0.860. The average Bonchev–Trinajstić information content (AvgIpc) is 2.36. The van der Waals surface area contributed by atoms with Crippen molar-refractivity contribution >= 4 is 0 Å². The molecule has 1 fully saturated rings. The van der Waals surface area contributed by atoms with Gasteiger partial charge in [-0.15, -0.1) is 0 Å². The molecule has 0 heterocycles. The normalized spacial score (nSPS) is 28.3. The van der Waals surface area contributed by atoms with Gasteiger partial charge in [0.05, 0.1) is 5.60 Å². The molecular formula is C16H25NO. The summed E-state index contributed by atoms with van der Waals surface area (Å²) >= 11 is 0. The summed E-state index contributed by atoms with van der Waals surface area (Å²) in [6.45, 7) is 7.40. The molecule has 0 atom stereocenters. The third-order valence-electron chi connectivity index (χ3n) is 4.35. The SMILES string of the molecule is CCNC1CCC(O)(c2ccc(C)c(C)c2)CC1. The molecule has 2 N–H and O–H groups in total. The summed E-state index contributed by atoms with van der Waals surface area (Å²) in [4.78, 5) is 0. The van der Waals surface area contributed by atoms with E-state index in [1.54, 1.807) is 0 Å². The summed E-state index contributed by atoms with van der Waals surface area (Å²) in [5, 5.41) is 14.3. The maximum absolute atomic E-state index is 10.8. The van der Waals surface area contributed by atoms with Crippen molar-refractivity contribution in [3.63, 3.8) is 0 Å². The number of aryl methyl sites for hydroxylation is 2. The average molecular weight is 247 g/mol. The Bertz CT molecular complexity index is 406. The van der Waals surface area contributed by atoms with Crippen molar-refractivity contribution in [3.05, 3.63) is 34.9 Å². The van der Waals surface area contributed by atoms with Gasteiger partial charge in [-0.25, -0.2) is 0 Å². The maximum Gasteiger partial charge on any atom is 0.0897 e. The molecule has 1 aromatic carbocycles. The molecule has 0 unspecified atom stereocenters. The fraction of sp³-hybridized carbons (Fsp3) is 0.625. The van der Waals surface area contributed by atoms with Crippen LogP contribution in [-0.2, 0) is 5.60 Å². The predicted octanol–water partition coefficient (Wildman–Crippen LogP) is 3.04. The second kappa shape index (κ2) is 5.41. The minimum Gasteiger partial charge on any atom is -0.385 e. The molecule has 1 aromatic rings. The van der Waals surface area contributed by atoms with Crippen molar-refractivity contribution in [1.29, 1.82) is 0 Å². The molecule has 0 saturated heterocycles. The number of nitrogens with one attached hydrogen (secondary N) is 1. The molecule has 18 heavy (non-hydrogen) atoms. The molecule has 0 bridgehead atoms. The van der Waals surface area contributed by atoms with Crippen molar-refractivity contribution in [1.82, 2.24) is 5.32 Å². The second-order valence-electron chi connectivity index (χ2n) is 5.66. The van der Waals surface area contributed by atoms with Gasteiger partial charge in [0, 0.05) is 6.04 Å². The predicted molar refractivity (Wildman–Crippen MR) is 75.7 cm³/mol. The van der Waals surface area contributed by atoms with Gasteiger partial charge in [-0.1, -0.05) is 25.1 Å². The van der Waals surface area contributed by atoms with E-state index < -0.39 is 5.60 Å². The summed E-state index contributed by atoms with van der Waals surface area (Å²) in [5.41, 5.74) is 3.06. The number of benzene rings is 1. The Kier molecular flexibility index (Phi) is 4.08. The van der Waals surface area contributed by atoms with E-state index in [0.717, 1.165) is 37.8 Å². The molecule has 2 heteroatoms. The van der Waals surface area contributed by atoms with Crippen LogP contribution in [-0.4, -0.2) is 17.7 Å². The van der Waals surface area contributed by atoms with Crippen LogP contribution < -0.4 is 5.32 Å². The first-order valence-corrected chi connectivity index (χ1v) is 7.08. The molecule has 1 saturated carbocycles. The summed E-state index contributed by atoms with van der Waals surface area (Å²) in [5.74, 6) is 0. The first-order valence-electron chi connectivity index (χ1n) is 7.08. The molecule has 0 spiro atoms. The van der Waals surface area contributed by atoms with Gasteiger partial charge < -0.3 is 10.4 Å². The minimum atomic E-state index is -0.607. The number of hydrogen-bond donors (Lipinski definition) is 2. The standard InChI is InChI=1S/C16H25NO/c1-4-17-15-7-9-16(18,10-8-15)14-6-5-12(2)13(3)11-14/h5-6,11,15,17-18H,4,7-10H2,1-3H3. The van der Waals surface area contributed by atoms with E-state index in [0.29, 0.717) is 6.04 Å². The van der Waals surface area contributed by atoms with E-state index in [4.69, 9.17) is 0 Å². The molecular weight excluding hydrogens is 222 g/mol. The topological polar surface area (TPSA) is 32.3 Å². The Morgan fingerprint density at radius 1 is 1.22 bits per heavy atom. The molecule has 2 nitrogen and oxygen atoms in total. The van der Waals surface area contributed by atoms with E-state index >= 15 is 0 Å². The van der Waals surface area contributed by atoms with E-state index in [-0.39, 0.29) is 0 Å². The van der Waals surface area contributed by atoms with Crippen LogP contribution in [0.4, 0.5) is 0 Å². The highest BCUT2D eigenvalue weighted by Crippen LogP contribution is 2.37. The molecule has 0 radical (unpaired) electrons. The highest BCUT2D eigenvalue weighted by Gasteiger charge is 2.34. The van der Waals surface area contributed by atoms with Crippen molar-refractivity contribution < 1.29 is 5.11 Å². The zero-order valence-electron chi connectivity index (χ0n) is 11.8. The third kappa shape index (κ3) is 2.76. The van der Waals surface area contributed by atoms with Crippen LogP contribution in [0, 0.1) is 13.8 Å². The largest absolute Gasteiger partial charge is 0.385 e. The maximum atomic E-state index is 10.8. The van der Waals surface area contributed by atoms with Crippen LogP contribution in [0.2, 0.25) is 0 Å². The van der Waals surface area contributed by atoms with Gasteiger partial charge in [-0.2, -0.15) is 0 Å². The fourth-order valence-electron chi connectivity index (χ4n) is 2.91. The Morgan fingerprint density at radius 3 is 2.44 bits per heavy atom. The first kappa shape index (κ1) is 13.6. The molecule has 2 rings (SSSR count). The third-order valence-corrected chi connectivity index (χ3v) is 4.35. The van der Waals surface area contributed by atoms with Gasteiger partial charge in [0.25, 0.3) is 0 Å². The summed E-state index contributed by atoms with van der Waals surface area (Å²) in [6.07, 6.45) is 3.87. The zero-order valence-corrected chi connectivity index (χ0v) is 11.8. The lowest BCUT2D eigenvalue weighted by Gasteiger charge is -2.37. The molecule has 100 valence electrons. The second-order valence-corrected chi connectivity index (χ2v) is 5.66. The van der Waals surface area contributed by atoms with Gasteiger partial charge in [-0.3, -0.25) is 0 Å². The van der Waals surface area contributed by atoms with Crippen LogP contribution >= 0.6 is 0 Å². The lowest BCUT2D eigenvalue weighted by molar-refractivity contribution is -0.00820. The fourth-order valence-corrected chi connectivity index (χ4v) is 2.91. The van der Waals surface area contributed by atoms with Crippen LogP contribution in [0.15, 0.2) is 18.2 Å². The lowest BCUT2D eigenvalue weighted by atomic mass is 9.77. The Morgan fingerprint density at radius 2 is 1.89 bits per heavy atom. The van der Waals surface area contributed by atoms with Gasteiger partial charge >= 0.3 is 0 Å². The van der Waals surface area contributed by atoms with E-state index in [1.807, 2.05) is 0 Å². The van der Waals surface area contributed by atoms with E-state index in [2.05, 4.69) is 44.3 Å². The first-order chi connectivity index (χ1) is 8.55. The zero-order chi connectivity index (χ0) is 13.2. The van der Waals surface area contributed by atoms with Gasteiger partial charge in [-0.05, 0) is 62.8 Å². The Labute approximate surface area is 110 Å². The molecule has 0 amide bonds. The molecule has 1 aliphatic carbocycles. The van der Waals surface area contributed by atoms with Gasteiger partial charge in [0.1, 0.15) is 0 Å². The quantitative estimate of drug-likeness (QED) is 0.860. The highest BCUT2D eigenvalue weighted by atomic mass is 16.3. The van der Waals surface area contributed by atoms with Crippen molar-refractivity contribution in [2.75, 3.05) is 6.54 Å². The molecule has 0 aliphatic heterocycles. The van der Waals surface area contributed by atoms with Crippen LogP contribution in [0.1, 0.15) is 49.3 Å². The number of hydrogen-bond acceptors (Lipinski definition) is 2. The van der Waals surface area contributed by atoms with E-state index in [9.17, 15) is 5.11 Å². The van der Waals surface area contributed by atoms with Crippen LogP contribution in [0.3, 0.4) is 0 Å². The lowest BCUT2D eigenvalue weighted by Crippen LogP contribution is -2.39. The van der Waals surface area contributed by atoms with Gasteiger partial charge in [0.2, 0.25) is 0 Å². The monoisotopic (exact) mass is 247 g/mol. The number of rotatable bonds is 3.